The highest BCUT2D eigenvalue weighted by molar-refractivity contribution is 6.39. The van der Waals surface area contributed by atoms with Crippen molar-refractivity contribution in [1.82, 2.24) is 5.43 Å². The van der Waals surface area contributed by atoms with Crippen molar-refractivity contribution >= 4 is 35.3 Å². The van der Waals surface area contributed by atoms with Crippen molar-refractivity contribution in [2.24, 2.45) is 5.10 Å². The molecule has 34 heavy (non-hydrogen) atoms. The van der Waals surface area contributed by atoms with E-state index in [0.717, 1.165) is 0 Å². The highest BCUT2D eigenvalue weighted by atomic mass is 35.5. The molecule has 3 aromatic rings. The number of benzene rings is 3. The van der Waals surface area contributed by atoms with Gasteiger partial charge in [0.2, 0.25) is 0 Å². The van der Waals surface area contributed by atoms with Gasteiger partial charge in [0.1, 0.15) is 18.2 Å². The smallest absolute Gasteiger partial charge is 0.329 e. The Morgan fingerprint density at radius 2 is 1.68 bits per heavy atom. The first-order valence-electron chi connectivity index (χ1n) is 9.94. The monoisotopic (exact) mass is 485 g/mol. The van der Waals surface area contributed by atoms with Crippen molar-refractivity contribution in [2.75, 3.05) is 19.5 Å². The molecule has 0 saturated carbocycles. The molecule has 0 bridgehead atoms. The third kappa shape index (κ3) is 6.02. The summed E-state index contributed by atoms with van der Waals surface area (Å²) in [6, 6.07) is 16.0. The number of amides is 2. The fourth-order valence-electron chi connectivity index (χ4n) is 2.90. The molecule has 0 fully saturated rings. The van der Waals surface area contributed by atoms with E-state index in [1.54, 1.807) is 48.5 Å². The molecule has 0 radical (unpaired) electrons. The Morgan fingerprint density at radius 3 is 2.41 bits per heavy atom. The minimum atomic E-state index is -0.995. The van der Waals surface area contributed by atoms with Gasteiger partial charge in [-0.25, -0.2) is 9.82 Å². The Kier molecular flexibility index (Phi) is 8.42. The van der Waals surface area contributed by atoms with Gasteiger partial charge in [0, 0.05) is 11.1 Å². The first-order valence-corrected chi connectivity index (χ1v) is 10.3. The summed E-state index contributed by atoms with van der Waals surface area (Å²) in [6.07, 6.45) is 1.27. The highest BCUT2D eigenvalue weighted by Gasteiger charge is 2.16. The number of anilines is 1. The number of hydrogen-bond acceptors (Lipinski definition) is 6. The summed E-state index contributed by atoms with van der Waals surface area (Å²) in [6.45, 7) is -0.166. The number of rotatable bonds is 8. The quantitative estimate of drug-likeness (QED) is 0.283. The number of ether oxygens (including phenoxy) is 3. The highest BCUT2D eigenvalue weighted by Crippen LogP contribution is 2.32. The van der Waals surface area contributed by atoms with E-state index in [2.05, 4.69) is 15.8 Å². The SMILES string of the molecule is COc1ccccc1NC(=O)C(=O)N/N=C\c1cccc(OC)c1OCc1c(F)cccc1Cl. The number of hydrazone groups is 1. The summed E-state index contributed by atoms with van der Waals surface area (Å²) < 4.78 is 30.3. The minimum absolute atomic E-state index is 0.166. The van der Waals surface area contributed by atoms with Crippen LogP contribution < -0.4 is 25.0 Å². The number of nitrogens with one attached hydrogen (secondary N) is 2. The van der Waals surface area contributed by atoms with Crippen LogP contribution in [0, 0.1) is 5.82 Å². The first kappa shape index (κ1) is 24.5. The Labute approximate surface area is 200 Å². The molecule has 2 N–H and O–H groups in total. The third-order valence-electron chi connectivity index (χ3n) is 4.58. The number of halogens is 2. The summed E-state index contributed by atoms with van der Waals surface area (Å²) >= 11 is 6.06. The van der Waals surface area contributed by atoms with Crippen molar-refractivity contribution in [1.29, 1.82) is 0 Å². The van der Waals surface area contributed by atoms with Crippen LogP contribution in [-0.2, 0) is 16.2 Å². The number of methoxy groups -OCH3 is 2. The van der Waals surface area contributed by atoms with Gasteiger partial charge in [-0.3, -0.25) is 9.59 Å². The molecule has 176 valence electrons. The molecule has 2 amide bonds. The van der Waals surface area contributed by atoms with Gasteiger partial charge in [0.05, 0.1) is 31.1 Å². The van der Waals surface area contributed by atoms with E-state index in [1.165, 1.54) is 32.6 Å². The molecule has 0 saturated heterocycles. The zero-order chi connectivity index (χ0) is 24.5. The third-order valence-corrected chi connectivity index (χ3v) is 4.94. The summed E-state index contributed by atoms with van der Waals surface area (Å²) in [7, 11) is 2.90. The Balaban J connectivity index is 1.70. The van der Waals surface area contributed by atoms with Crippen molar-refractivity contribution in [3.8, 4) is 17.2 Å². The first-order chi connectivity index (χ1) is 16.4. The largest absolute Gasteiger partial charge is 0.495 e. The number of carbonyl (C=O) groups is 2. The molecule has 0 spiro atoms. The standard InChI is InChI=1S/C24H21ClFN3O5/c1-32-20-11-4-3-10-19(20)28-23(30)24(31)29-27-13-15-7-5-12-21(33-2)22(15)34-14-16-17(25)8-6-9-18(16)26/h3-13H,14H2,1-2H3,(H,28,30)(H,29,31)/b27-13-. The fourth-order valence-corrected chi connectivity index (χ4v) is 3.12. The summed E-state index contributed by atoms with van der Waals surface area (Å²) in [5.41, 5.74) is 3.08. The van der Waals surface area contributed by atoms with Crippen LogP contribution in [0.1, 0.15) is 11.1 Å². The Bertz CT molecular complexity index is 1200. The van der Waals surface area contributed by atoms with E-state index >= 15 is 0 Å². The topological polar surface area (TPSA) is 98.2 Å². The molecule has 8 nitrogen and oxygen atoms in total. The zero-order valence-corrected chi connectivity index (χ0v) is 19.1. The van der Waals surface area contributed by atoms with Crippen LogP contribution in [-0.4, -0.2) is 32.2 Å². The molecule has 10 heteroatoms. The Hall–Kier alpha value is -4.11. The van der Waals surface area contributed by atoms with Crippen LogP contribution in [0.3, 0.4) is 0 Å². The predicted octanol–water partition coefficient (Wildman–Crippen LogP) is 4.16. The lowest BCUT2D eigenvalue weighted by Gasteiger charge is -2.14. The maximum atomic E-state index is 14.1. The van der Waals surface area contributed by atoms with Crippen LogP contribution in [0.4, 0.5) is 10.1 Å². The van der Waals surface area contributed by atoms with Gasteiger partial charge < -0.3 is 19.5 Å². The number of nitrogens with zero attached hydrogens (tertiary/aromatic N) is 1. The maximum absolute atomic E-state index is 14.1. The second-order valence-corrected chi connectivity index (χ2v) is 7.13. The summed E-state index contributed by atoms with van der Waals surface area (Å²) in [5, 5.41) is 6.49. The van der Waals surface area contributed by atoms with E-state index in [4.69, 9.17) is 25.8 Å². The van der Waals surface area contributed by atoms with Gasteiger partial charge in [0.15, 0.2) is 11.5 Å². The number of para-hydroxylation sites is 3. The summed E-state index contributed by atoms with van der Waals surface area (Å²) in [5.74, 6) is -1.42. The van der Waals surface area contributed by atoms with Gasteiger partial charge in [0.25, 0.3) is 0 Å². The van der Waals surface area contributed by atoms with Gasteiger partial charge in [-0.2, -0.15) is 5.10 Å². The lowest BCUT2D eigenvalue weighted by Crippen LogP contribution is -2.32. The minimum Gasteiger partial charge on any atom is -0.495 e. The molecular weight excluding hydrogens is 465 g/mol. The molecule has 0 atom stereocenters. The van der Waals surface area contributed by atoms with Gasteiger partial charge in [-0.15, -0.1) is 0 Å². The van der Waals surface area contributed by atoms with Gasteiger partial charge in [-0.05, 0) is 36.4 Å². The van der Waals surface area contributed by atoms with Gasteiger partial charge in [-0.1, -0.05) is 35.9 Å². The molecule has 0 aliphatic carbocycles. The van der Waals surface area contributed by atoms with E-state index in [9.17, 15) is 14.0 Å². The lowest BCUT2D eigenvalue weighted by atomic mass is 10.2. The van der Waals surface area contributed by atoms with Crippen LogP contribution in [0.25, 0.3) is 0 Å². The van der Waals surface area contributed by atoms with Crippen molar-refractivity contribution in [2.45, 2.75) is 6.61 Å². The van der Waals surface area contributed by atoms with E-state index in [1.807, 2.05) is 0 Å². The van der Waals surface area contributed by atoms with Crippen molar-refractivity contribution < 1.29 is 28.2 Å². The Morgan fingerprint density at radius 1 is 0.971 bits per heavy atom. The number of hydrogen-bond donors (Lipinski definition) is 2. The molecule has 0 aliphatic heterocycles. The van der Waals surface area contributed by atoms with Gasteiger partial charge >= 0.3 is 11.8 Å². The van der Waals surface area contributed by atoms with Crippen LogP contribution in [0.5, 0.6) is 17.2 Å². The maximum Gasteiger partial charge on any atom is 0.329 e. The molecule has 3 rings (SSSR count). The molecule has 0 aliphatic rings. The number of carbonyl (C=O) groups excluding carboxylic acids is 2. The molecule has 0 aromatic heterocycles. The zero-order valence-electron chi connectivity index (χ0n) is 18.3. The average Bonchev–Trinajstić information content (AvgIpc) is 2.84. The molecule has 0 heterocycles. The van der Waals surface area contributed by atoms with Crippen molar-refractivity contribution in [3.05, 3.63) is 82.6 Å². The molecular formula is C24H21ClFN3O5. The normalized spacial score (nSPS) is 10.6. The summed E-state index contributed by atoms with van der Waals surface area (Å²) in [4.78, 5) is 24.3. The second kappa shape index (κ2) is 11.7. The average molecular weight is 486 g/mol. The lowest BCUT2D eigenvalue weighted by molar-refractivity contribution is -0.136. The second-order valence-electron chi connectivity index (χ2n) is 6.72. The fraction of sp³-hybridized carbons (Fsp3) is 0.125. The van der Waals surface area contributed by atoms with Crippen LogP contribution in [0.2, 0.25) is 5.02 Å². The van der Waals surface area contributed by atoms with Crippen LogP contribution >= 0.6 is 11.6 Å². The van der Waals surface area contributed by atoms with E-state index in [-0.39, 0.29) is 22.9 Å². The molecule has 3 aromatic carbocycles. The molecule has 0 unspecified atom stereocenters. The van der Waals surface area contributed by atoms with Crippen molar-refractivity contribution in [3.63, 3.8) is 0 Å². The van der Waals surface area contributed by atoms with Crippen LogP contribution in [0.15, 0.2) is 65.8 Å². The van der Waals surface area contributed by atoms with E-state index < -0.39 is 17.6 Å². The van der Waals surface area contributed by atoms with E-state index in [0.29, 0.717) is 22.7 Å². The predicted molar refractivity (Wildman–Crippen MR) is 126 cm³/mol.